The lowest BCUT2D eigenvalue weighted by Crippen LogP contribution is -2.24. The van der Waals surface area contributed by atoms with Crippen LogP contribution in [0, 0.1) is 0 Å². The second-order valence-corrected chi connectivity index (χ2v) is 5.73. The fraction of sp³-hybridized carbons (Fsp3) is 0.500. The zero-order chi connectivity index (χ0) is 15.5. The number of ether oxygens (including phenoxy) is 1. The van der Waals surface area contributed by atoms with Crippen molar-refractivity contribution in [3.63, 3.8) is 0 Å². The average Bonchev–Trinajstić information content (AvgIpc) is 2.96. The molecular formula is C16H24ClN3O2. The van der Waals surface area contributed by atoms with Crippen molar-refractivity contribution < 1.29 is 9.26 Å². The molecule has 1 N–H and O–H groups in total. The highest BCUT2D eigenvalue weighted by Gasteiger charge is 2.32. The van der Waals surface area contributed by atoms with Crippen LogP contribution in [0.4, 0.5) is 0 Å². The van der Waals surface area contributed by atoms with E-state index in [2.05, 4.69) is 36.2 Å². The first-order valence-electron chi connectivity index (χ1n) is 7.13. The van der Waals surface area contributed by atoms with Crippen molar-refractivity contribution in [1.29, 1.82) is 0 Å². The fourth-order valence-corrected chi connectivity index (χ4v) is 2.24. The lowest BCUT2D eigenvalue weighted by atomic mass is 9.84. The van der Waals surface area contributed by atoms with Crippen LogP contribution < -0.4 is 10.1 Å². The zero-order valence-electron chi connectivity index (χ0n) is 13.7. The number of nitrogens with zero attached hydrogens (tertiary/aromatic N) is 2. The van der Waals surface area contributed by atoms with E-state index in [9.17, 15) is 0 Å². The Labute approximate surface area is 137 Å². The van der Waals surface area contributed by atoms with Gasteiger partial charge in [-0.2, -0.15) is 4.98 Å². The lowest BCUT2D eigenvalue weighted by Gasteiger charge is -2.22. The number of rotatable bonds is 6. The first-order chi connectivity index (χ1) is 9.98. The van der Waals surface area contributed by atoms with Gasteiger partial charge in [0.2, 0.25) is 5.89 Å². The topological polar surface area (TPSA) is 60.2 Å². The second kappa shape index (κ2) is 7.61. The standard InChI is InChI=1S/C16H23N3O2.ClH/c1-11(17-4)10-14-18-15(21-19-14)16(2,3)12-8-6-7-9-13(12)20-5;/h6-9,11,17H,10H2,1-5H3;1H. The first kappa shape index (κ1) is 18.5. The van der Waals surface area contributed by atoms with Gasteiger partial charge in [0.15, 0.2) is 5.82 Å². The predicted molar refractivity (Wildman–Crippen MR) is 88.9 cm³/mol. The Hall–Kier alpha value is -1.59. The summed E-state index contributed by atoms with van der Waals surface area (Å²) in [5.74, 6) is 2.14. The summed E-state index contributed by atoms with van der Waals surface area (Å²) in [6, 6.07) is 8.22. The Morgan fingerprint density at radius 1 is 1.32 bits per heavy atom. The molecule has 1 aromatic heterocycles. The Morgan fingerprint density at radius 2 is 2.00 bits per heavy atom. The van der Waals surface area contributed by atoms with Crippen molar-refractivity contribution in [3.8, 4) is 5.75 Å². The van der Waals surface area contributed by atoms with Gasteiger partial charge in [-0.1, -0.05) is 23.4 Å². The minimum absolute atomic E-state index is 0. The molecule has 0 radical (unpaired) electrons. The maximum absolute atomic E-state index is 5.48. The minimum Gasteiger partial charge on any atom is -0.496 e. The van der Waals surface area contributed by atoms with Gasteiger partial charge in [-0.15, -0.1) is 12.4 Å². The molecule has 1 atom stereocenters. The molecular weight excluding hydrogens is 302 g/mol. The maximum Gasteiger partial charge on any atom is 0.236 e. The molecule has 0 saturated carbocycles. The molecule has 1 heterocycles. The number of nitrogens with one attached hydrogen (secondary N) is 1. The summed E-state index contributed by atoms with van der Waals surface area (Å²) in [4.78, 5) is 4.55. The van der Waals surface area contributed by atoms with Crippen LogP contribution in [0.3, 0.4) is 0 Å². The molecule has 0 spiro atoms. The number of hydrogen-bond donors (Lipinski definition) is 1. The largest absolute Gasteiger partial charge is 0.496 e. The molecule has 0 bridgehead atoms. The Bertz CT molecular complexity index is 599. The van der Waals surface area contributed by atoms with Crippen molar-refractivity contribution in [1.82, 2.24) is 15.5 Å². The number of halogens is 1. The summed E-state index contributed by atoms with van der Waals surface area (Å²) in [7, 11) is 3.59. The van der Waals surface area contributed by atoms with Gasteiger partial charge < -0.3 is 14.6 Å². The van der Waals surface area contributed by atoms with E-state index in [-0.39, 0.29) is 12.4 Å². The summed E-state index contributed by atoms with van der Waals surface area (Å²) in [6.07, 6.45) is 0.738. The summed E-state index contributed by atoms with van der Waals surface area (Å²) in [5, 5.41) is 7.25. The van der Waals surface area contributed by atoms with Gasteiger partial charge in [0.05, 0.1) is 12.5 Å². The number of likely N-dealkylation sites (N-methyl/N-ethyl adjacent to an activating group) is 1. The van der Waals surface area contributed by atoms with Crippen LogP contribution in [-0.4, -0.2) is 30.3 Å². The molecule has 0 aliphatic rings. The van der Waals surface area contributed by atoms with Crippen LogP contribution in [0.2, 0.25) is 0 Å². The number of aromatic nitrogens is 2. The summed E-state index contributed by atoms with van der Waals surface area (Å²) in [5.41, 5.74) is 0.630. The smallest absolute Gasteiger partial charge is 0.236 e. The van der Waals surface area contributed by atoms with E-state index >= 15 is 0 Å². The molecule has 0 fully saturated rings. The van der Waals surface area contributed by atoms with E-state index in [0.29, 0.717) is 11.9 Å². The third-order valence-electron chi connectivity index (χ3n) is 3.76. The SMILES string of the molecule is CNC(C)Cc1noc(C(C)(C)c2ccccc2OC)n1.Cl. The van der Waals surface area contributed by atoms with E-state index in [1.54, 1.807) is 7.11 Å². The number of hydrogen-bond acceptors (Lipinski definition) is 5. The van der Waals surface area contributed by atoms with Crippen LogP contribution in [0.25, 0.3) is 0 Å². The van der Waals surface area contributed by atoms with Crippen LogP contribution in [0.5, 0.6) is 5.75 Å². The van der Waals surface area contributed by atoms with E-state index in [4.69, 9.17) is 9.26 Å². The highest BCUT2D eigenvalue weighted by Crippen LogP contribution is 2.36. The van der Waals surface area contributed by atoms with Crippen LogP contribution >= 0.6 is 12.4 Å². The molecule has 122 valence electrons. The third-order valence-corrected chi connectivity index (χ3v) is 3.76. The van der Waals surface area contributed by atoms with E-state index in [1.807, 2.05) is 31.3 Å². The maximum atomic E-state index is 5.48. The van der Waals surface area contributed by atoms with Gasteiger partial charge in [-0.05, 0) is 33.9 Å². The van der Waals surface area contributed by atoms with Crippen molar-refractivity contribution in [2.24, 2.45) is 0 Å². The quantitative estimate of drug-likeness (QED) is 0.884. The normalized spacial score (nSPS) is 12.6. The predicted octanol–water partition coefficient (Wildman–Crippen LogP) is 2.98. The van der Waals surface area contributed by atoms with Gasteiger partial charge >= 0.3 is 0 Å². The molecule has 2 rings (SSSR count). The Kier molecular flexibility index (Phi) is 6.38. The molecule has 6 heteroatoms. The van der Waals surface area contributed by atoms with Crippen molar-refractivity contribution in [3.05, 3.63) is 41.5 Å². The Morgan fingerprint density at radius 3 is 2.64 bits per heavy atom. The third kappa shape index (κ3) is 3.78. The van der Waals surface area contributed by atoms with Gasteiger partial charge in [-0.25, -0.2) is 0 Å². The molecule has 1 unspecified atom stereocenters. The average molecular weight is 326 g/mol. The van der Waals surface area contributed by atoms with Gasteiger partial charge in [-0.3, -0.25) is 0 Å². The second-order valence-electron chi connectivity index (χ2n) is 5.73. The first-order valence-corrected chi connectivity index (χ1v) is 7.13. The highest BCUT2D eigenvalue weighted by molar-refractivity contribution is 5.85. The van der Waals surface area contributed by atoms with Gasteiger partial charge in [0.25, 0.3) is 0 Å². The lowest BCUT2D eigenvalue weighted by molar-refractivity contribution is 0.321. The van der Waals surface area contributed by atoms with Crippen molar-refractivity contribution >= 4 is 12.4 Å². The highest BCUT2D eigenvalue weighted by atomic mass is 35.5. The Balaban J connectivity index is 0.00000242. The van der Waals surface area contributed by atoms with E-state index in [1.165, 1.54) is 0 Å². The van der Waals surface area contributed by atoms with E-state index < -0.39 is 5.41 Å². The number of para-hydroxylation sites is 1. The van der Waals surface area contributed by atoms with Crippen molar-refractivity contribution in [2.75, 3.05) is 14.2 Å². The molecule has 2 aromatic rings. The summed E-state index contributed by atoms with van der Waals surface area (Å²) < 4.78 is 10.9. The minimum atomic E-state index is -0.402. The van der Waals surface area contributed by atoms with Gasteiger partial charge in [0, 0.05) is 18.0 Å². The van der Waals surface area contributed by atoms with Crippen LogP contribution in [0.15, 0.2) is 28.8 Å². The molecule has 0 saturated heterocycles. The van der Waals surface area contributed by atoms with Crippen molar-refractivity contribution in [2.45, 2.75) is 38.6 Å². The molecule has 0 aliphatic heterocycles. The van der Waals surface area contributed by atoms with E-state index in [0.717, 1.165) is 23.6 Å². The molecule has 0 aliphatic carbocycles. The molecule has 1 aromatic carbocycles. The summed E-state index contributed by atoms with van der Waals surface area (Å²) in [6.45, 7) is 6.20. The van der Waals surface area contributed by atoms with Crippen LogP contribution in [0.1, 0.15) is 38.0 Å². The molecule has 22 heavy (non-hydrogen) atoms. The number of benzene rings is 1. The molecule has 0 amide bonds. The summed E-state index contributed by atoms with van der Waals surface area (Å²) >= 11 is 0. The fourth-order valence-electron chi connectivity index (χ4n) is 2.24. The molecule has 5 nitrogen and oxygen atoms in total. The van der Waals surface area contributed by atoms with Crippen LogP contribution in [-0.2, 0) is 11.8 Å². The monoisotopic (exact) mass is 325 g/mol. The zero-order valence-corrected chi connectivity index (χ0v) is 14.5. The van der Waals surface area contributed by atoms with Gasteiger partial charge in [0.1, 0.15) is 5.75 Å². The number of methoxy groups -OCH3 is 1.